The molecule has 0 aromatic heterocycles. The van der Waals surface area contributed by atoms with Crippen molar-refractivity contribution in [1.82, 2.24) is 5.32 Å². The molecule has 19 heavy (non-hydrogen) atoms. The zero-order valence-corrected chi connectivity index (χ0v) is 12.6. The summed E-state index contributed by atoms with van der Waals surface area (Å²) in [4.78, 5) is 0. The molecule has 3 nitrogen and oxygen atoms in total. The van der Waals surface area contributed by atoms with E-state index in [9.17, 15) is 0 Å². The van der Waals surface area contributed by atoms with Gasteiger partial charge in [0.05, 0.1) is 0 Å². The standard InChI is InChI=1S/C15H23NO2S/c1-3-9-19-11-13(16-4-2)12-5-6-14-15(10-12)18-8-7-17-14/h5-6,10,13,16H,3-4,7-9,11H2,1-2H3. The van der Waals surface area contributed by atoms with Crippen LogP contribution in [0.25, 0.3) is 0 Å². The Morgan fingerprint density at radius 2 is 2.00 bits per heavy atom. The van der Waals surface area contributed by atoms with Crippen LogP contribution >= 0.6 is 11.8 Å². The molecule has 0 radical (unpaired) electrons. The first kappa shape index (κ1) is 14.5. The first-order valence-corrected chi connectivity index (χ1v) is 8.21. The van der Waals surface area contributed by atoms with E-state index in [2.05, 4.69) is 31.3 Å². The molecule has 1 aliphatic heterocycles. The molecule has 1 aliphatic rings. The lowest BCUT2D eigenvalue weighted by atomic mass is 10.1. The Labute approximate surface area is 120 Å². The summed E-state index contributed by atoms with van der Waals surface area (Å²) in [7, 11) is 0. The Balaban J connectivity index is 2.07. The van der Waals surface area contributed by atoms with Crippen LogP contribution in [0.5, 0.6) is 11.5 Å². The van der Waals surface area contributed by atoms with Crippen molar-refractivity contribution in [3.63, 3.8) is 0 Å². The minimum Gasteiger partial charge on any atom is -0.486 e. The number of nitrogens with one attached hydrogen (secondary N) is 1. The molecule has 1 heterocycles. The molecular formula is C15H23NO2S. The Hall–Kier alpha value is -0.870. The number of ether oxygens (including phenoxy) is 2. The average Bonchev–Trinajstić information content (AvgIpc) is 2.46. The van der Waals surface area contributed by atoms with Gasteiger partial charge in [-0.05, 0) is 36.4 Å². The summed E-state index contributed by atoms with van der Waals surface area (Å²) < 4.78 is 11.2. The van der Waals surface area contributed by atoms with Crippen molar-refractivity contribution >= 4 is 11.8 Å². The average molecular weight is 281 g/mol. The van der Waals surface area contributed by atoms with E-state index >= 15 is 0 Å². The molecule has 0 bridgehead atoms. The largest absolute Gasteiger partial charge is 0.486 e. The molecule has 2 rings (SSSR count). The van der Waals surface area contributed by atoms with E-state index in [-0.39, 0.29) is 0 Å². The normalized spacial score (nSPS) is 15.3. The van der Waals surface area contributed by atoms with Gasteiger partial charge in [-0.3, -0.25) is 0 Å². The molecular weight excluding hydrogens is 258 g/mol. The van der Waals surface area contributed by atoms with Crippen LogP contribution in [-0.2, 0) is 0 Å². The number of fused-ring (bicyclic) bond motifs is 1. The van der Waals surface area contributed by atoms with Crippen molar-refractivity contribution in [3.05, 3.63) is 23.8 Å². The molecule has 0 saturated heterocycles. The first-order valence-electron chi connectivity index (χ1n) is 7.05. The number of thioether (sulfide) groups is 1. The lowest BCUT2D eigenvalue weighted by molar-refractivity contribution is 0.171. The van der Waals surface area contributed by atoms with E-state index in [0.717, 1.165) is 23.8 Å². The second-order valence-corrected chi connectivity index (χ2v) is 5.74. The van der Waals surface area contributed by atoms with Crippen molar-refractivity contribution in [1.29, 1.82) is 0 Å². The smallest absolute Gasteiger partial charge is 0.161 e. The summed E-state index contributed by atoms with van der Waals surface area (Å²) in [6, 6.07) is 6.68. The molecule has 1 aromatic carbocycles. The van der Waals surface area contributed by atoms with Gasteiger partial charge in [0.1, 0.15) is 13.2 Å². The van der Waals surface area contributed by atoms with Gasteiger partial charge in [-0.1, -0.05) is 19.9 Å². The third kappa shape index (κ3) is 4.05. The zero-order chi connectivity index (χ0) is 13.5. The number of rotatable bonds is 7. The van der Waals surface area contributed by atoms with Crippen molar-refractivity contribution in [2.75, 3.05) is 31.3 Å². The molecule has 1 aromatic rings. The van der Waals surface area contributed by atoms with Crippen LogP contribution in [0.4, 0.5) is 0 Å². The van der Waals surface area contributed by atoms with Crippen LogP contribution in [0.15, 0.2) is 18.2 Å². The highest BCUT2D eigenvalue weighted by molar-refractivity contribution is 7.99. The summed E-state index contributed by atoms with van der Waals surface area (Å²) in [6.45, 7) is 6.64. The maximum Gasteiger partial charge on any atom is 0.161 e. The molecule has 0 amide bonds. The molecule has 0 aliphatic carbocycles. The molecule has 1 N–H and O–H groups in total. The molecule has 106 valence electrons. The molecule has 1 unspecified atom stereocenters. The Morgan fingerprint density at radius 3 is 2.74 bits per heavy atom. The Morgan fingerprint density at radius 1 is 1.21 bits per heavy atom. The fraction of sp³-hybridized carbons (Fsp3) is 0.600. The van der Waals surface area contributed by atoms with E-state index < -0.39 is 0 Å². The predicted molar refractivity (Wildman–Crippen MR) is 81.5 cm³/mol. The third-order valence-electron chi connectivity index (χ3n) is 3.05. The number of hydrogen-bond acceptors (Lipinski definition) is 4. The van der Waals surface area contributed by atoms with E-state index in [1.807, 2.05) is 17.8 Å². The quantitative estimate of drug-likeness (QED) is 0.777. The van der Waals surface area contributed by atoms with Gasteiger partial charge < -0.3 is 14.8 Å². The summed E-state index contributed by atoms with van der Waals surface area (Å²) in [6.07, 6.45) is 1.23. The molecule has 0 spiro atoms. The highest BCUT2D eigenvalue weighted by Gasteiger charge is 2.16. The van der Waals surface area contributed by atoms with Crippen LogP contribution in [0.1, 0.15) is 31.9 Å². The van der Waals surface area contributed by atoms with Gasteiger partial charge in [0.2, 0.25) is 0 Å². The fourth-order valence-electron chi connectivity index (χ4n) is 2.14. The Kier molecular flexibility index (Phi) is 5.86. The van der Waals surface area contributed by atoms with Gasteiger partial charge in [0, 0.05) is 11.8 Å². The van der Waals surface area contributed by atoms with Gasteiger partial charge in [0.15, 0.2) is 11.5 Å². The van der Waals surface area contributed by atoms with Crippen molar-refractivity contribution < 1.29 is 9.47 Å². The Bertz CT molecular complexity index is 398. The summed E-state index contributed by atoms with van der Waals surface area (Å²) in [5.74, 6) is 4.06. The van der Waals surface area contributed by atoms with Crippen molar-refractivity contribution in [2.24, 2.45) is 0 Å². The minimum atomic E-state index is 0.386. The maximum absolute atomic E-state index is 5.66. The lowest BCUT2D eigenvalue weighted by Gasteiger charge is -2.22. The maximum atomic E-state index is 5.66. The third-order valence-corrected chi connectivity index (χ3v) is 4.32. The SMILES string of the molecule is CCCSCC(NCC)c1ccc2c(c1)OCCO2. The van der Waals surface area contributed by atoms with Gasteiger partial charge in [0.25, 0.3) is 0 Å². The fourth-order valence-corrected chi connectivity index (χ4v) is 3.14. The van der Waals surface area contributed by atoms with Gasteiger partial charge in [-0.15, -0.1) is 0 Å². The topological polar surface area (TPSA) is 30.5 Å². The summed E-state index contributed by atoms with van der Waals surface area (Å²) in [5, 5.41) is 3.55. The predicted octanol–water partition coefficient (Wildman–Crippen LogP) is 3.25. The van der Waals surface area contributed by atoms with E-state index in [1.165, 1.54) is 17.7 Å². The van der Waals surface area contributed by atoms with Crippen LogP contribution in [0.2, 0.25) is 0 Å². The lowest BCUT2D eigenvalue weighted by Crippen LogP contribution is -2.23. The molecule has 0 fully saturated rings. The van der Waals surface area contributed by atoms with E-state index in [4.69, 9.17) is 9.47 Å². The highest BCUT2D eigenvalue weighted by atomic mass is 32.2. The van der Waals surface area contributed by atoms with Crippen LogP contribution in [0.3, 0.4) is 0 Å². The highest BCUT2D eigenvalue weighted by Crippen LogP contribution is 2.33. The second kappa shape index (κ2) is 7.65. The molecule has 0 saturated carbocycles. The van der Waals surface area contributed by atoms with Gasteiger partial charge in [-0.25, -0.2) is 0 Å². The van der Waals surface area contributed by atoms with Crippen molar-refractivity contribution in [3.8, 4) is 11.5 Å². The van der Waals surface area contributed by atoms with Gasteiger partial charge >= 0.3 is 0 Å². The second-order valence-electron chi connectivity index (χ2n) is 4.59. The van der Waals surface area contributed by atoms with E-state index in [0.29, 0.717) is 19.3 Å². The van der Waals surface area contributed by atoms with Crippen molar-refractivity contribution in [2.45, 2.75) is 26.3 Å². The monoisotopic (exact) mass is 281 g/mol. The number of hydrogen-bond donors (Lipinski definition) is 1. The number of benzene rings is 1. The van der Waals surface area contributed by atoms with E-state index in [1.54, 1.807) is 0 Å². The molecule has 4 heteroatoms. The van der Waals surface area contributed by atoms with Crippen LogP contribution < -0.4 is 14.8 Å². The molecule has 1 atom stereocenters. The van der Waals surface area contributed by atoms with Crippen LogP contribution in [0, 0.1) is 0 Å². The van der Waals surface area contributed by atoms with Gasteiger partial charge in [-0.2, -0.15) is 11.8 Å². The summed E-state index contributed by atoms with van der Waals surface area (Å²) in [5.41, 5.74) is 1.29. The summed E-state index contributed by atoms with van der Waals surface area (Å²) >= 11 is 2.00. The minimum absolute atomic E-state index is 0.386. The first-order chi connectivity index (χ1) is 9.35. The zero-order valence-electron chi connectivity index (χ0n) is 11.8. The van der Waals surface area contributed by atoms with Crippen LogP contribution in [-0.4, -0.2) is 31.3 Å².